The van der Waals surface area contributed by atoms with E-state index < -0.39 is 0 Å². The Morgan fingerprint density at radius 3 is 1.00 bits per heavy atom. The average Bonchev–Trinajstić information content (AvgIpc) is 0. The van der Waals surface area contributed by atoms with E-state index in [0.29, 0.717) is 0 Å². The van der Waals surface area contributed by atoms with Gasteiger partial charge in [-0.05, 0) is 0 Å². The predicted molar refractivity (Wildman–Crippen MR) is 5.75 cm³/mol. The molecule has 0 aromatic carbocycles. The molecule has 0 saturated carbocycles. The smallest absolute Gasteiger partial charge is 0 e. The van der Waals surface area contributed by atoms with Crippen LogP contribution < -0.4 is 0 Å². The van der Waals surface area contributed by atoms with E-state index >= 15 is 0 Å². The Hall–Kier alpha value is 2.57. The average molecular weight is 425 g/mol. The summed E-state index contributed by atoms with van der Waals surface area (Å²) in [6.45, 7) is 0. The van der Waals surface area contributed by atoms with Gasteiger partial charge in [0, 0.05) is 80.4 Å². The van der Waals surface area contributed by atoms with Gasteiger partial charge in [-0.2, -0.15) is 0 Å². The predicted octanol–water partition coefficient (Wildman–Crippen LogP) is -0.388. The van der Waals surface area contributed by atoms with Crippen LogP contribution >= 0.6 is 0 Å². The van der Waals surface area contributed by atoms with E-state index in [1.54, 1.807) is 0 Å². The number of hydrogen-bond donors (Lipinski definition) is 0. The van der Waals surface area contributed by atoms with Crippen molar-refractivity contribution in [2.45, 2.75) is 0 Å². The van der Waals surface area contributed by atoms with Gasteiger partial charge in [-0.3, -0.25) is 0 Å². The molecule has 0 heterocycles. The summed E-state index contributed by atoms with van der Waals surface area (Å²) < 4.78 is 0. The van der Waals surface area contributed by atoms with Crippen LogP contribution in [0.15, 0.2) is 0 Å². The minimum absolute atomic E-state index is 0. The van der Waals surface area contributed by atoms with E-state index in [1.165, 1.54) is 0 Å². The van der Waals surface area contributed by atoms with E-state index in [0.717, 1.165) is 0 Å². The molecule has 0 aliphatic rings. The van der Waals surface area contributed by atoms with Gasteiger partial charge in [0.15, 0.2) is 0 Å². The van der Waals surface area contributed by atoms with Gasteiger partial charge < -0.3 is 0 Å². The molecule has 0 amide bonds. The fourth-order valence-corrected chi connectivity index (χ4v) is 0. The maximum atomic E-state index is 0. The van der Waals surface area contributed by atoms with Gasteiger partial charge in [-0.25, -0.2) is 0 Å². The van der Waals surface area contributed by atoms with Gasteiger partial charge in [0.05, 0.1) is 0 Å². The molecule has 5 radical (unpaired) electrons. The van der Waals surface area contributed by atoms with Crippen LogP contribution in [0.2, 0.25) is 0 Å². The van der Waals surface area contributed by atoms with Crippen molar-refractivity contribution < 1.29 is 55.9 Å². The third-order valence-corrected chi connectivity index (χ3v) is 0. The first-order valence-electron chi connectivity index (χ1n) is 0. The van der Waals surface area contributed by atoms with Gasteiger partial charge in [-0.1, -0.05) is 0 Å². The summed E-state index contributed by atoms with van der Waals surface area (Å²) in [5.74, 6) is 0. The Morgan fingerprint density at radius 2 is 1.00 bits per heavy atom. The second-order valence-electron chi connectivity index (χ2n) is 0. The summed E-state index contributed by atoms with van der Waals surface area (Å²) in [7, 11) is 0. The molecule has 0 saturated heterocycles. The first-order valence-corrected chi connectivity index (χ1v) is 0. The molecule has 0 aliphatic carbocycles. The molecule has 0 rings (SSSR count). The Bertz CT molecular complexity index is 8.00. The molecule has 31 valence electrons. The summed E-state index contributed by atoms with van der Waals surface area (Å²) >= 11 is 0. The summed E-state index contributed by atoms with van der Waals surface area (Å²) in [6.07, 6.45) is 0. The molecule has 0 atom stereocenters. The zero-order valence-electron chi connectivity index (χ0n) is 1.51. The fraction of sp³-hybridized carbons (Fsp3) is 0. The fourth-order valence-electron chi connectivity index (χ4n) is 0. The Morgan fingerprint density at radius 1 is 1.00 bits per heavy atom. The zero-order chi connectivity index (χ0) is 0. The van der Waals surface area contributed by atoms with Crippen LogP contribution in [-0.4, -0.2) is 24.4 Å². The van der Waals surface area contributed by atoms with Gasteiger partial charge in [0.25, 0.3) is 0 Å². The molecule has 0 N–H and O–H groups in total. The maximum Gasteiger partial charge on any atom is 0 e. The van der Waals surface area contributed by atoms with Crippen molar-refractivity contribution in [3.63, 3.8) is 0 Å². The van der Waals surface area contributed by atoms with Crippen molar-refractivity contribution in [3.05, 3.63) is 0 Å². The Balaban J connectivity index is 0. The molecular weight excluding hydrogens is 425 g/mol. The third-order valence-electron chi connectivity index (χ3n) is 0. The SMILES string of the molecule is [Cu].[Ni].[Sb].[Ta]. The van der Waals surface area contributed by atoms with E-state index in [2.05, 4.69) is 0 Å². The van der Waals surface area contributed by atoms with Crippen molar-refractivity contribution in [3.8, 4) is 0 Å². The summed E-state index contributed by atoms with van der Waals surface area (Å²) in [6, 6.07) is 0. The third kappa shape index (κ3) is 8.82. The monoisotopic (exact) mass is 423 g/mol. The molecule has 0 unspecified atom stereocenters. The van der Waals surface area contributed by atoms with Crippen LogP contribution in [0.5, 0.6) is 0 Å². The topological polar surface area (TPSA) is 0 Å². The Labute approximate surface area is 79.2 Å². The summed E-state index contributed by atoms with van der Waals surface area (Å²) in [4.78, 5) is 0. The summed E-state index contributed by atoms with van der Waals surface area (Å²) in [5.41, 5.74) is 0. The molecular formula is CuNiSbTa. The van der Waals surface area contributed by atoms with Gasteiger partial charge >= 0.3 is 0 Å². The molecule has 0 bridgehead atoms. The van der Waals surface area contributed by atoms with Crippen LogP contribution in [0.1, 0.15) is 0 Å². The van der Waals surface area contributed by atoms with Crippen molar-refractivity contribution in [1.82, 2.24) is 0 Å². The summed E-state index contributed by atoms with van der Waals surface area (Å²) in [5, 5.41) is 0. The first kappa shape index (κ1) is 30.8. The van der Waals surface area contributed by atoms with Crippen molar-refractivity contribution in [2.24, 2.45) is 0 Å². The van der Waals surface area contributed by atoms with Gasteiger partial charge in [0.2, 0.25) is 0 Å². The van der Waals surface area contributed by atoms with E-state index in [-0.39, 0.29) is 80.4 Å². The molecule has 0 fully saturated rings. The standard InChI is InChI=1S/Cu.Ni.Sb.Ta. The molecule has 0 aromatic rings. The van der Waals surface area contributed by atoms with Crippen LogP contribution in [0.3, 0.4) is 0 Å². The number of rotatable bonds is 0. The van der Waals surface area contributed by atoms with Crippen molar-refractivity contribution in [1.29, 1.82) is 0 Å². The zero-order valence-corrected chi connectivity index (χ0v) is 9.21. The molecule has 0 aliphatic heterocycles. The largest absolute Gasteiger partial charge is 0 e. The number of hydrogen-bond acceptors (Lipinski definition) is 0. The molecule has 0 nitrogen and oxygen atoms in total. The first-order chi connectivity index (χ1) is 0. The minimum atomic E-state index is 0. The second kappa shape index (κ2) is 17.6. The van der Waals surface area contributed by atoms with Crippen LogP contribution in [0.25, 0.3) is 0 Å². The molecule has 0 aromatic heterocycles. The molecule has 4 heavy (non-hydrogen) atoms. The molecule has 0 spiro atoms. The van der Waals surface area contributed by atoms with Crippen LogP contribution in [-0.2, 0) is 55.9 Å². The maximum absolute atomic E-state index is 0. The van der Waals surface area contributed by atoms with Gasteiger partial charge in [0.1, 0.15) is 0 Å². The molecule has 4 heteroatoms. The quantitative estimate of drug-likeness (QED) is 0.465. The normalized spacial score (nSPS) is 0. The van der Waals surface area contributed by atoms with E-state index in [9.17, 15) is 0 Å². The van der Waals surface area contributed by atoms with Crippen LogP contribution in [0, 0.1) is 0 Å². The van der Waals surface area contributed by atoms with Crippen molar-refractivity contribution in [2.75, 3.05) is 0 Å². The second-order valence-corrected chi connectivity index (χ2v) is 0. The van der Waals surface area contributed by atoms with E-state index in [1.807, 2.05) is 0 Å². The van der Waals surface area contributed by atoms with E-state index in [4.69, 9.17) is 0 Å². The van der Waals surface area contributed by atoms with Crippen LogP contribution in [0.4, 0.5) is 0 Å². The van der Waals surface area contributed by atoms with Crippen molar-refractivity contribution >= 4 is 24.4 Å². The Kier molecular flexibility index (Phi) is 136. The van der Waals surface area contributed by atoms with Gasteiger partial charge in [-0.15, -0.1) is 0 Å². The minimum Gasteiger partial charge on any atom is 0 e.